The Balaban J connectivity index is 2.46. The van der Waals surface area contributed by atoms with Gasteiger partial charge in [0.05, 0.1) is 0 Å². The van der Waals surface area contributed by atoms with Gasteiger partial charge in [0.25, 0.3) is 0 Å². The van der Waals surface area contributed by atoms with Gasteiger partial charge in [0.1, 0.15) is 6.61 Å². The molecular weight excluding hydrogens is 210 g/mol. The third-order valence-electron chi connectivity index (χ3n) is 1.81. The summed E-state index contributed by atoms with van der Waals surface area (Å²) in [4.78, 5) is 10.3. The van der Waals surface area contributed by atoms with E-state index in [1.807, 2.05) is 37.4 Å². The number of hydrogen-bond acceptors (Lipinski definition) is 3. The molecule has 0 fully saturated rings. The summed E-state index contributed by atoms with van der Waals surface area (Å²) in [5.41, 5.74) is 2.12. The molecule has 0 amide bonds. The summed E-state index contributed by atoms with van der Waals surface area (Å²) in [6, 6.07) is 7.91. The standard InChI is InChI=1S/C11H13NO2S/c1-12-10-6-4-9(5-7-10)3-2-8-14-11(13)15/h2-7,12H,8H2,1H3,(H,13,15)/b3-2+. The van der Waals surface area contributed by atoms with Crippen LogP contribution in [0.15, 0.2) is 30.3 Å². The first-order chi connectivity index (χ1) is 7.22. The summed E-state index contributed by atoms with van der Waals surface area (Å²) in [7, 11) is 1.87. The van der Waals surface area contributed by atoms with Gasteiger partial charge in [0.15, 0.2) is 0 Å². The topological polar surface area (TPSA) is 38.3 Å². The van der Waals surface area contributed by atoms with Crippen LogP contribution in [0, 0.1) is 0 Å². The highest BCUT2D eigenvalue weighted by Gasteiger charge is 1.90. The lowest BCUT2D eigenvalue weighted by atomic mass is 10.2. The van der Waals surface area contributed by atoms with Crippen molar-refractivity contribution in [2.24, 2.45) is 0 Å². The fraction of sp³-hybridized carbons (Fsp3) is 0.182. The molecule has 0 saturated heterocycles. The fourth-order valence-corrected chi connectivity index (χ4v) is 1.14. The Bertz CT molecular complexity index is 346. The molecule has 1 aromatic carbocycles. The van der Waals surface area contributed by atoms with E-state index in [1.54, 1.807) is 6.08 Å². The second kappa shape index (κ2) is 6.14. The summed E-state index contributed by atoms with van der Waals surface area (Å²) < 4.78 is 4.63. The minimum Gasteiger partial charge on any atom is -0.454 e. The summed E-state index contributed by atoms with van der Waals surface area (Å²) in [5.74, 6) is 0. The lowest BCUT2D eigenvalue weighted by molar-refractivity contribution is 0.188. The predicted molar refractivity (Wildman–Crippen MR) is 65.4 cm³/mol. The molecule has 0 unspecified atom stereocenters. The van der Waals surface area contributed by atoms with E-state index in [2.05, 4.69) is 22.7 Å². The zero-order valence-corrected chi connectivity index (χ0v) is 9.33. The van der Waals surface area contributed by atoms with E-state index in [0.717, 1.165) is 11.3 Å². The van der Waals surface area contributed by atoms with Crippen LogP contribution in [0.2, 0.25) is 0 Å². The molecular formula is C11H13NO2S. The van der Waals surface area contributed by atoms with E-state index in [1.165, 1.54) is 0 Å². The molecule has 0 radical (unpaired) electrons. The second-order valence-electron chi connectivity index (χ2n) is 2.85. The molecule has 1 aromatic rings. The Morgan fingerprint density at radius 2 is 2.13 bits per heavy atom. The molecule has 15 heavy (non-hydrogen) atoms. The summed E-state index contributed by atoms with van der Waals surface area (Å²) >= 11 is 3.48. The average molecular weight is 223 g/mol. The molecule has 0 aliphatic carbocycles. The monoisotopic (exact) mass is 223 g/mol. The Hall–Kier alpha value is -1.42. The van der Waals surface area contributed by atoms with Gasteiger partial charge >= 0.3 is 5.30 Å². The maximum absolute atomic E-state index is 10.3. The van der Waals surface area contributed by atoms with Crippen LogP contribution in [0.1, 0.15) is 5.56 Å². The number of thiol groups is 1. The number of benzene rings is 1. The van der Waals surface area contributed by atoms with Crippen molar-refractivity contribution in [3.8, 4) is 0 Å². The number of nitrogens with one attached hydrogen (secondary N) is 1. The molecule has 0 aliphatic rings. The molecule has 4 heteroatoms. The van der Waals surface area contributed by atoms with Gasteiger partial charge in [0, 0.05) is 12.7 Å². The third-order valence-corrected chi connectivity index (χ3v) is 1.94. The van der Waals surface area contributed by atoms with E-state index in [-0.39, 0.29) is 6.61 Å². The molecule has 1 rings (SSSR count). The molecule has 3 nitrogen and oxygen atoms in total. The number of hydrogen-bond donors (Lipinski definition) is 2. The molecule has 0 aliphatic heterocycles. The molecule has 0 spiro atoms. The quantitative estimate of drug-likeness (QED) is 0.609. The lowest BCUT2D eigenvalue weighted by Gasteiger charge is -1.99. The van der Waals surface area contributed by atoms with Crippen molar-refractivity contribution < 1.29 is 9.53 Å². The first-order valence-electron chi connectivity index (χ1n) is 4.52. The number of ether oxygens (including phenoxy) is 1. The third kappa shape index (κ3) is 4.56. The van der Waals surface area contributed by atoms with Gasteiger partial charge in [-0.15, -0.1) is 0 Å². The Labute approximate surface area is 94.5 Å². The highest BCUT2D eigenvalue weighted by Crippen LogP contribution is 2.09. The van der Waals surface area contributed by atoms with Crippen LogP contribution in [0.3, 0.4) is 0 Å². The Morgan fingerprint density at radius 1 is 1.47 bits per heavy atom. The van der Waals surface area contributed by atoms with Crippen molar-refractivity contribution >= 4 is 29.7 Å². The van der Waals surface area contributed by atoms with Crippen LogP contribution in [0.5, 0.6) is 0 Å². The maximum Gasteiger partial charge on any atom is 0.364 e. The molecule has 0 saturated carbocycles. The van der Waals surface area contributed by atoms with Crippen LogP contribution >= 0.6 is 12.6 Å². The van der Waals surface area contributed by atoms with Gasteiger partial charge in [-0.2, -0.15) is 0 Å². The molecule has 1 N–H and O–H groups in total. The predicted octanol–water partition coefficient (Wildman–Crippen LogP) is 2.81. The van der Waals surface area contributed by atoms with Crippen LogP contribution < -0.4 is 5.32 Å². The number of carbonyl (C=O) groups excluding carboxylic acids is 1. The largest absolute Gasteiger partial charge is 0.454 e. The lowest BCUT2D eigenvalue weighted by Crippen LogP contribution is -1.92. The summed E-state index contributed by atoms with van der Waals surface area (Å²) in [6.07, 6.45) is 3.65. The van der Waals surface area contributed by atoms with Gasteiger partial charge in [-0.05, 0) is 23.8 Å². The smallest absolute Gasteiger partial charge is 0.364 e. The molecule has 0 heterocycles. The Kier molecular flexibility index (Phi) is 4.77. The Morgan fingerprint density at radius 3 is 2.67 bits per heavy atom. The first kappa shape index (κ1) is 11.7. The van der Waals surface area contributed by atoms with Crippen molar-refractivity contribution in [2.75, 3.05) is 19.0 Å². The maximum atomic E-state index is 10.3. The molecule has 0 atom stereocenters. The number of carbonyl (C=O) groups is 1. The van der Waals surface area contributed by atoms with E-state index in [4.69, 9.17) is 0 Å². The SMILES string of the molecule is CNc1ccc(/C=C/COC(=O)S)cc1. The fourth-order valence-electron chi connectivity index (χ4n) is 1.06. The highest BCUT2D eigenvalue weighted by atomic mass is 32.1. The number of rotatable bonds is 4. The molecule has 0 bridgehead atoms. The summed E-state index contributed by atoms with van der Waals surface area (Å²) in [5, 5.41) is 2.47. The zero-order valence-electron chi connectivity index (χ0n) is 8.43. The van der Waals surface area contributed by atoms with Crippen LogP contribution in [-0.4, -0.2) is 19.0 Å². The van der Waals surface area contributed by atoms with Crippen LogP contribution in [0.4, 0.5) is 10.5 Å². The molecule has 80 valence electrons. The van der Waals surface area contributed by atoms with Gasteiger partial charge in [-0.1, -0.05) is 30.8 Å². The van der Waals surface area contributed by atoms with Crippen molar-refractivity contribution in [1.82, 2.24) is 0 Å². The van der Waals surface area contributed by atoms with Crippen molar-refractivity contribution in [3.05, 3.63) is 35.9 Å². The van der Waals surface area contributed by atoms with E-state index >= 15 is 0 Å². The average Bonchev–Trinajstić information content (AvgIpc) is 2.25. The van der Waals surface area contributed by atoms with E-state index < -0.39 is 5.30 Å². The van der Waals surface area contributed by atoms with E-state index in [9.17, 15) is 4.79 Å². The van der Waals surface area contributed by atoms with E-state index in [0.29, 0.717) is 0 Å². The number of anilines is 1. The highest BCUT2D eigenvalue weighted by molar-refractivity contribution is 7.96. The minimum atomic E-state index is -0.565. The van der Waals surface area contributed by atoms with Gasteiger partial charge in [-0.25, -0.2) is 4.79 Å². The zero-order chi connectivity index (χ0) is 11.1. The summed E-state index contributed by atoms with van der Waals surface area (Å²) in [6.45, 7) is 0.246. The first-order valence-corrected chi connectivity index (χ1v) is 4.97. The van der Waals surface area contributed by atoms with Crippen molar-refractivity contribution in [2.45, 2.75) is 0 Å². The minimum absolute atomic E-state index is 0.246. The van der Waals surface area contributed by atoms with Crippen molar-refractivity contribution in [1.29, 1.82) is 0 Å². The van der Waals surface area contributed by atoms with Crippen LogP contribution in [-0.2, 0) is 4.74 Å². The van der Waals surface area contributed by atoms with Gasteiger partial charge < -0.3 is 10.1 Å². The van der Waals surface area contributed by atoms with Gasteiger partial charge in [-0.3, -0.25) is 0 Å². The molecule has 0 aromatic heterocycles. The van der Waals surface area contributed by atoms with Gasteiger partial charge in [0.2, 0.25) is 0 Å². The van der Waals surface area contributed by atoms with Crippen molar-refractivity contribution in [3.63, 3.8) is 0 Å². The normalized spacial score (nSPS) is 10.3. The second-order valence-corrected chi connectivity index (χ2v) is 3.22. The van der Waals surface area contributed by atoms with Crippen LogP contribution in [0.25, 0.3) is 6.08 Å².